The van der Waals surface area contributed by atoms with Crippen molar-refractivity contribution in [3.63, 3.8) is 0 Å². The number of rotatable bonds is 5. The van der Waals surface area contributed by atoms with Crippen LogP contribution in [0.25, 0.3) is 0 Å². The van der Waals surface area contributed by atoms with Gasteiger partial charge in [-0.25, -0.2) is 0 Å². The lowest BCUT2D eigenvalue weighted by atomic mass is 10.2. The molecule has 0 N–H and O–H groups in total. The van der Waals surface area contributed by atoms with E-state index in [4.69, 9.17) is 14.7 Å². The van der Waals surface area contributed by atoms with Crippen molar-refractivity contribution in [2.24, 2.45) is 0 Å². The average Bonchev–Trinajstić information content (AvgIpc) is 2.48. The molecule has 3 nitrogen and oxygen atoms in total. The van der Waals surface area contributed by atoms with E-state index in [9.17, 15) is 0 Å². The summed E-state index contributed by atoms with van der Waals surface area (Å²) < 4.78 is 12.2. The molecule has 0 saturated carbocycles. The Balaban J connectivity index is 1.78. The maximum Gasteiger partial charge on any atom is 0.122 e. The van der Waals surface area contributed by atoms with E-state index in [1.165, 1.54) is 0 Å². The summed E-state index contributed by atoms with van der Waals surface area (Å²) in [6.45, 7) is 2.95. The first kappa shape index (κ1) is 14.4. The minimum absolute atomic E-state index is 0.459. The van der Waals surface area contributed by atoms with E-state index >= 15 is 0 Å². The maximum absolute atomic E-state index is 8.70. The van der Waals surface area contributed by atoms with Gasteiger partial charge in [0.25, 0.3) is 0 Å². The quantitative estimate of drug-likeness (QED) is 0.775. The summed E-state index contributed by atoms with van der Waals surface area (Å²) in [6.07, 6.45) is 0. The monoisotopic (exact) mass is 331 g/mol. The molecule has 0 atom stereocenters. The predicted octanol–water partition coefficient (Wildman–Crippen LogP) is 4.09. The average molecular weight is 332 g/mol. The van der Waals surface area contributed by atoms with E-state index in [-0.39, 0.29) is 0 Å². The van der Waals surface area contributed by atoms with Crippen molar-refractivity contribution in [2.45, 2.75) is 6.92 Å². The molecule has 0 fully saturated rings. The molecule has 0 heterocycles. The molecule has 2 aromatic rings. The van der Waals surface area contributed by atoms with Gasteiger partial charge in [0.2, 0.25) is 0 Å². The van der Waals surface area contributed by atoms with Gasteiger partial charge in [-0.3, -0.25) is 0 Å². The van der Waals surface area contributed by atoms with Crippen LogP contribution >= 0.6 is 15.9 Å². The Bertz CT molecular complexity index is 617. The van der Waals surface area contributed by atoms with E-state index in [2.05, 4.69) is 22.0 Å². The molecule has 0 aliphatic rings. The Morgan fingerprint density at radius 1 is 1.00 bits per heavy atom. The van der Waals surface area contributed by atoms with E-state index in [0.717, 1.165) is 21.5 Å². The van der Waals surface area contributed by atoms with Crippen LogP contribution in [0.2, 0.25) is 0 Å². The third-order valence-electron chi connectivity index (χ3n) is 2.73. The number of nitrogens with zero attached hydrogens (tertiary/aromatic N) is 1. The van der Waals surface area contributed by atoms with Gasteiger partial charge in [-0.2, -0.15) is 5.26 Å². The zero-order valence-corrected chi connectivity index (χ0v) is 12.7. The van der Waals surface area contributed by atoms with Gasteiger partial charge in [0.1, 0.15) is 24.7 Å². The van der Waals surface area contributed by atoms with Gasteiger partial charge in [-0.05, 0) is 55.0 Å². The predicted molar refractivity (Wildman–Crippen MR) is 81.0 cm³/mol. The minimum Gasteiger partial charge on any atom is -0.490 e. The summed E-state index contributed by atoms with van der Waals surface area (Å²) >= 11 is 3.45. The zero-order valence-electron chi connectivity index (χ0n) is 11.1. The lowest BCUT2D eigenvalue weighted by Gasteiger charge is -2.09. The van der Waals surface area contributed by atoms with Crippen molar-refractivity contribution in [2.75, 3.05) is 13.2 Å². The molecule has 0 aliphatic carbocycles. The van der Waals surface area contributed by atoms with Crippen molar-refractivity contribution >= 4 is 15.9 Å². The van der Waals surface area contributed by atoms with E-state index in [1.54, 1.807) is 24.3 Å². The SMILES string of the molecule is Cc1cc(OCCOc2ccc(C#N)cc2)ccc1Br. The number of hydrogen-bond donors (Lipinski definition) is 0. The normalized spacial score (nSPS) is 9.85. The Labute approximate surface area is 126 Å². The molecule has 4 heteroatoms. The van der Waals surface area contributed by atoms with Crippen LogP contribution in [0, 0.1) is 18.3 Å². The molecule has 0 spiro atoms. The molecule has 20 heavy (non-hydrogen) atoms. The highest BCUT2D eigenvalue weighted by Gasteiger charge is 1.99. The fourth-order valence-electron chi connectivity index (χ4n) is 1.65. The molecule has 2 aromatic carbocycles. The van der Waals surface area contributed by atoms with Gasteiger partial charge in [0.15, 0.2) is 0 Å². The highest BCUT2D eigenvalue weighted by molar-refractivity contribution is 9.10. The van der Waals surface area contributed by atoms with Crippen molar-refractivity contribution < 1.29 is 9.47 Å². The lowest BCUT2D eigenvalue weighted by Crippen LogP contribution is -2.09. The molecular weight excluding hydrogens is 318 g/mol. The highest BCUT2D eigenvalue weighted by atomic mass is 79.9. The molecule has 0 bridgehead atoms. The van der Waals surface area contributed by atoms with Gasteiger partial charge >= 0.3 is 0 Å². The number of benzene rings is 2. The van der Waals surface area contributed by atoms with Crippen LogP contribution in [-0.4, -0.2) is 13.2 Å². The number of aryl methyl sites for hydroxylation is 1. The van der Waals surface area contributed by atoms with E-state index in [1.807, 2.05) is 25.1 Å². The summed E-state index contributed by atoms with van der Waals surface area (Å²) in [5.41, 5.74) is 1.76. The fraction of sp³-hybridized carbons (Fsp3) is 0.188. The second-order valence-corrected chi connectivity index (χ2v) is 5.10. The third kappa shape index (κ3) is 4.01. The Kier molecular flexibility index (Phi) is 5.03. The summed E-state index contributed by atoms with van der Waals surface area (Å²) in [4.78, 5) is 0. The number of ether oxygens (including phenoxy) is 2. The first-order valence-electron chi connectivity index (χ1n) is 6.21. The van der Waals surface area contributed by atoms with Gasteiger partial charge in [0.05, 0.1) is 11.6 Å². The van der Waals surface area contributed by atoms with E-state index < -0.39 is 0 Å². The largest absolute Gasteiger partial charge is 0.490 e. The van der Waals surface area contributed by atoms with Crippen LogP contribution in [-0.2, 0) is 0 Å². The molecule has 0 unspecified atom stereocenters. The van der Waals surface area contributed by atoms with Gasteiger partial charge < -0.3 is 9.47 Å². The van der Waals surface area contributed by atoms with Crippen LogP contribution in [0.15, 0.2) is 46.9 Å². The summed E-state index contributed by atoms with van der Waals surface area (Å²) in [6, 6.07) is 14.9. The van der Waals surface area contributed by atoms with Gasteiger partial charge in [0, 0.05) is 4.47 Å². The Morgan fingerprint density at radius 3 is 2.20 bits per heavy atom. The van der Waals surface area contributed by atoms with Gasteiger partial charge in [-0.1, -0.05) is 15.9 Å². The molecule has 0 saturated heterocycles. The van der Waals surface area contributed by atoms with Crippen LogP contribution in [0.1, 0.15) is 11.1 Å². The molecule has 0 aromatic heterocycles. The summed E-state index contributed by atoms with van der Waals surface area (Å²) in [5, 5.41) is 8.70. The number of hydrogen-bond acceptors (Lipinski definition) is 3. The molecular formula is C16H14BrNO2. The highest BCUT2D eigenvalue weighted by Crippen LogP contribution is 2.21. The Hall–Kier alpha value is -1.99. The standard InChI is InChI=1S/C16H14BrNO2/c1-12-10-15(6-7-16(12)17)20-9-8-19-14-4-2-13(11-18)3-5-14/h2-7,10H,8-9H2,1H3. The van der Waals surface area contributed by atoms with Crippen LogP contribution in [0.3, 0.4) is 0 Å². The Morgan fingerprint density at radius 2 is 1.60 bits per heavy atom. The topological polar surface area (TPSA) is 42.2 Å². The second kappa shape index (κ2) is 6.97. The number of halogens is 1. The molecule has 0 radical (unpaired) electrons. The molecule has 102 valence electrons. The van der Waals surface area contributed by atoms with Crippen LogP contribution < -0.4 is 9.47 Å². The van der Waals surface area contributed by atoms with Crippen molar-refractivity contribution in [3.05, 3.63) is 58.1 Å². The van der Waals surface area contributed by atoms with Gasteiger partial charge in [-0.15, -0.1) is 0 Å². The smallest absolute Gasteiger partial charge is 0.122 e. The van der Waals surface area contributed by atoms with Crippen LogP contribution in [0.5, 0.6) is 11.5 Å². The number of nitriles is 1. The molecule has 0 aliphatic heterocycles. The molecule has 2 rings (SSSR count). The van der Waals surface area contributed by atoms with Crippen LogP contribution in [0.4, 0.5) is 0 Å². The van der Waals surface area contributed by atoms with Crippen molar-refractivity contribution in [3.8, 4) is 17.6 Å². The third-order valence-corrected chi connectivity index (χ3v) is 3.62. The first-order chi connectivity index (χ1) is 9.69. The zero-order chi connectivity index (χ0) is 14.4. The second-order valence-electron chi connectivity index (χ2n) is 4.24. The summed E-state index contributed by atoms with van der Waals surface area (Å²) in [7, 11) is 0. The summed E-state index contributed by atoms with van der Waals surface area (Å²) in [5.74, 6) is 1.56. The lowest BCUT2D eigenvalue weighted by molar-refractivity contribution is 0.217. The minimum atomic E-state index is 0.459. The first-order valence-corrected chi connectivity index (χ1v) is 7.00. The maximum atomic E-state index is 8.70. The van der Waals surface area contributed by atoms with Crippen molar-refractivity contribution in [1.29, 1.82) is 5.26 Å². The fourth-order valence-corrected chi connectivity index (χ4v) is 1.90. The van der Waals surface area contributed by atoms with E-state index in [0.29, 0.717) is 18.8 Å². The molecule has 0 amide bonds. The van der Waals surface area contributed by atoms with Crippen molar-refractivity contribution in [1.82, 2.24) is 0 Å².